The van der Waals surface area contributed by atoms with Crippen molar-refractivity contribution in [2.24, 2.45) is 35.5 Å². The van der Waals surface area contributed by atoms with Gasteiger partial charge in [0, 0.05) is 9.58 Å². The summed E-state index contributed by atoms with van der Waals surface area (Å²) in [6, 6.07) is 19.0. The third-order valence-electron chi connectivity index (χ3n) is 12.7. The third kappa shape index (κ3) is 6.09. The number of fused-ring (bicyclic) bond motifs is 1. The van der Waals surface area contributed by atoms with Gasteiger partial charge in [-0.25, -0.2) is 0 Å². The molecule has 1 heterocycles. The van der Waals surface area contributed by atoms with Crippen LogP contribution in [-0.2, 0) is 0 Å². The van der Waals surface area contributed by atoms with Gasteiger partial charge in [-0.05, 0) is 153 Å². The Hall–Kier alpha value is -1.60. The fourth-order valence-electron chi connectivity index (χ4n) is 9.90. The Bertz CT molecular complexity index is 1170. The van der Waals surface area contributed by atoms with Gasteiger partial charge in [-0.2, -0.15) is 0 Å². The molecule has 0 spiro atoms. The first-order chi connectivity index (χ1) is 20.1. The standard InChI is InChI=1S/C40H54S/c1-27-8-12-29(13-9-27)31-16-20-33(21-17-31)36-24-25-37(40-38(36)26-39(41-40)35-6-4-3-5-7-35)34-22-18-32(19-23-34)30-14-10-28(2)11-15-30/h3-7,24-34H,8-23H2,1-2H3. The highest BCUT2D eigenvalue weighted by molar-refractivity contribution is 7.22. The van der Waals surface area contributed by atoms with E-state index in [0.29, 0.717) is 0 Å². The van der Waals surface area contributed by atoms with Gasteiger partial charge >= 0.3 is 0 Å². The van der Waals surface area contributed by atoms with Crippen molar-refractivity contribution < 1.29 is 0 Å². The minimum atomic E-state index is 0.757. The van der Waals surface area contributed by atoms with Gasteiger partial charge in [-0.3, -0.25) is 0 Å². The first-order valence-corrected chi connectivity index (χ1v) is 18.6. The average molecular weight is 567 g/mol. The summed E-state index contributed by atoms with van der Waals surface area (Å²) in [5.41, 5.74) is 4.77. The lowest BCUT2D eigenvalue weighted by atomic mass is 9.67. The molecular weight excluding hydrogens is 513 g/mol. The molecule has 1 aromatic heterocycles. The molecule has 41 heavy (non-hydrogen) atoms. The quantitative estimate of drug-likeness (QED) is 0.288. The fraction of sp³-hybridized carbons (Fsp3) is 0.650. The summed E-state index contributed by atoms with van der Waals surface area (Å²) < 4.78 is 1.64. The molecule has 0 unspecified atom stereocenters. The van der Waals surface area contributed by atoms with Crippen LogP contribution in [0.3, 0.4) is 0 Å². The second kappa shape index (κ2) is 12.6. The SMILES string of the molecule is CC1CCC(C2CCC(c3ccc(C4CCC(C5CCC(C)CC5)CC4)c4sc(-c5ccccc5)cc34)CC2)CC1. The van der Waals surface area contributed by atoms with Crippen molar-refractivity contribution in [2.45, 2.75) is 128 Å². The summed E-state index contributed by atoms with van der Waals surface area (Å²) in [5, 5.41) is 1.62. The first-order valence-electron chi connectivity index (χ1n) is 17.7. The van der Waals surface area contributed by atoms with Crippen molar-refractivity contribution in [3.05, 3.63) is 59.7 Å². The molecule has 7 rings (SSSR count). The molecule has 0 saturated heterocycles. The van der Waals surface area contributed by atoms with E-state index >= 15 is 0 Å². The normalized spacial score (nSPS) is 35.0. The fourth-order valence-corrected chi connectivity index (χ4v) is 11.2. The van der Waals surface area contributed by atoms with Crippen molar-refractivity contribution in [1.82, 2.24) is 0 Å². The molecule has 4 aliphatic carbocycles. The number of benzene rings is 2. The van der Waals surface area contributed by atoms with Crippen LogP contribution in [0.1, 0.15) is 140 Å². The van der Waals surface area contributed by atoms with E-state index in [-0.39, 0.29) is 0 Å². The van der Waals surface area contributed by atoms with Crippen molar-refractivity contribution in [2.75, 3.05) is 0 Å². The van der Waals surface area contributed by atoms with Crippen molar-refractivity contribution in [3.8, 4) is 10.4 Å². The van der Waals surface area contributed by atoms with Gasteiger partial charge in [0.2, 0.25) is 0 Å². The van der Waals surface area contributed by atoms with Gasteiger partial charge in [0.05, 0.1) is 0 Å². The Balaban J connectivity index is 1.11. The maximum absolute atomic E-state index is 2.62. The Labute approximate surface area is 254 Å². The number of hydrogen-bond acceptors (Lipinski definition) is 1. The van der Waals surface area contributed by atoms with E-state index in [2.05, 4.69) is 73.7 Å². The summed E-state index contributed by atoms with van der Waals surface area (Å²) in [5.74, 6) is 7.50. The summed E-state index contributed by atoms with van der Waals surface area (Å²) in [6.45, 7) is 4.94. The molecule has 3 aromatic rings. The molecule has 0 N–H and O–H groups in total. The van der Waals surface area contributed by atoms with Crippen LogP contribution in [0.4, 0.5) is 0 Å². The molecule has 1 heteroatoms. The van der Waals surface area contributed by atoms with E-state index < -0.39 is 0 Å². The van der Waals surface area contributed by atoms with Gasteiger partial charge in [0.25, 0.3) is 0 Å². The van der Waals surface area contributed by atoms with Crippen molar-refractivity contribution >= 4 is 21.4 Å². The zero-order valence-electron chi connectivity index (χ0n) is 26.0. The third-order valence-corrected chi connectivity index (χ3v) is 13.9. The zero-order valence-corrected chi connectivity index (χ0v) is 26.8. The molecule has 220 valence electrons. The smallest absolute Gasteiger partial charge is 0.0387 e. The topological polar surface area (TPSA) is 0 Å². The highest BCUT2D eigenvalue weighted by atomic mass is 32.1. The van der Waals surface area contributed by atoms with E-state index in [1.54, 1.807) is 21.2 Å². The number of rotatable bonds is 5. The summed E-state index contributed by atoms with van der Waals surface area (Å²) >= 11 is 2.10. The molecular formula is C40H54S. The summed E-state index contributed by atoms with van der Waals surface area (Å²) in [6.07, 6.45) is 23.4. The lowest BCUT2D eigenvalue weighted by Crippen LogP contribution is -2.25. The van der Waals surface area contributed by atoms with Gasteiger partial charge < -0.3 is 0 Å². The van der Waals surface area contributed by atoms with E-state index in [1.165, 1.54) is 113 Å². The van der Waals surface area contributed by atoms with Crippen LogP contribution in [0.5, 0.6) is 0 Å². The van der Waals surface area contributed by atoms with Crippen LogP contribution in [0, 0.1) is 35.5 Å². The largest absolute Gasteiger partial charge is 0.135 e. The Kier molecular flexibility index (Phi) is 8.63. The highest BCUT2D eigenvalue weighted by Crippen LogP contribution is 2.50. The Morgan fingerprint density at radius 2 is 0.927 bits per heavy atom. The first kappa shape index (κ1) is 28.2. The zero-order chi connectivity index (χ0) is 27.8. The lowest BCUT2D eigenvalue weighted by molar-refractivity contribution is 0.165. The molecule has 4 saturated carbocycles. The molecule has 0 nitrogen and oxygen atoms in total. The molecule has 0 aliphatic heterocycles. The van der Waals surface area contributed by atoms with E-state index in [9.17, 15) is 0 Å². The lowest BCUT2D eigenvalue weighted by Gasteiger charge is -2.38. The molecule has 0 atom stereocenters. The van der Waals surface area contributed by atoms with Crippen LogP contribution >= 0.6 is 11.3 Å². The maximum atomic E-state index is 2.62. The number of hydrogen-bond donors (Lipinski definition) is 0. The van der Waals surface area contributed by atoms with Crippen LogP contribution in [0.2, 0.25) is 0 Å². The number of thiophene rings is 1. The van der Waals surface area contributed by atoms with E-state index in [1.807, 2.05) is 0 Å². The summed E-state index contributed by atoms with van der Waals surface area (Å²) in [4.78, 5) is 1.48. The Morgan fingerprint density at radius 3 is 1.44 bits per heavy atom. The second-order valence-electron chi connectivity index (χ2n) is 15.2. The molecule has 0 amide bonds. The molecule has 4 fully saturated rings. The predicted octanol–water partition coefficient (Wildman–Crippen LogP) is 12.8. The van der Waals surface area contributed by atoms with E-state index in [4.69, 9.17) is 0 Å². The molecule has 2 aromatic carbocycles. The minimum absolute atomic E-state index is 0.757. The van der Waals surface area contributed by atoms with Gasteiger partial charge in [0.15, 0.2) is 0 Å². The van der Waals surface area contributed by atoms with Crippen LogP contribution in [0.25, 0.3) is 20.5 Å². The van der Waals surface area contributed by atoms with Crippen LogP contribution in [0.15, 0.2) is 48.5 Å². The van der Waals surface area contributed by atoms with Crippen LogP contribution < -0.4 is 0 Å². The Morgan fingerprint density at radius 1 is 0.488 bits per heavy atom. The molecule has 0 bridgehead atoms. The minimum Gasteiger partial charge on any atom is -0.135 e. The molecule has 4 aliphatic rings. The maximum Gasteiger partial charge on any atom is 0.0387 e. The summed E-state index contributed by atoms with van der Waals surface area (Å²) in [7, 11) is 0. The highest BCUT2D eigenvalue weighted by Gasteiger charge is 2.33. The van der Waals surface area contributed by atoms with Gasteiger partial charge in [0.1, 0.15) is 0 Å². The van der Waals surface area contributed by atoms with Gasteiger partial charge in [-0.15, -0.1) is 11.3 Å². The average Bonchev–Trinajstić information content (AvgIpc) is 3.48. The monoisotopic (exact) mass is 566 g/mol. The molecule has 0 radical (unpaired) electrons. The predicted molar refractivity (Wildman–Crippen MR) is 179 cm³/mol. The second-order valence-corrected chi connectivity index (χ2v) is 16.3. The van der Waals surface area contributed by atoms with Gasteiger partial charge in [-0.1, -0.05) is 82.0 Å². The van der Waals surface area contributed by atoms with Crippen LogP contribution in [-0.4, -0.2) is 0 Å². The van der Waals surface area contributed by atoms with Crippen molar-refractivity contribution in [1.29, 1.82) is 0 Å². The van der Waals surface area contributed by atoms with E-state index in [0.717, 1.165) is 47.3 Å². The van der Waals surface area contributed by atoms with Crippen molar-refractivity contribution in [3.63, 3.8) is 0 Å².